The molecule has 2 aliphatic heterocycles. The van der Waals surface area contributed by atoms with Crippen molar-refractivity contribution in [3.8, 4) is 5.75 Å². The van der Waals surface area contributed by atoms with Gasteiger partial charge in [0.15, 0.2) is 0 Å². The van der Waals surface area contributed by atoms with Crippen molar-refractivity contribution in [3.63, 3.8) is 0 Å². The second-order valence-corrected chi connectivity index (χ2v) is 11.3. The monoisotopic (exact) mass is 472 g/mol. The second kappa shape index (κ2) is 8.68. The number of esters is 1. The van der Waals surface area contributed by atoms with E-state index in [0.717, 1.165) is 63.3 Å². The van der Waals surface area contributed by atoms with Gasteiger partial charge in [-0.2, -0.15) is 0 Å². The van der Waals surface area contributed by atoms with Crippen LogP contribution in [-0.4, -0.2) is 80.2 Å². The summed E-state index contributed by atoms with van der Waals surface area (Å²) >= 11 is 0. The maximum atomic E-state index is 13.0. The van der Waals surface area contributed by atoms with E-state index in [4.69, 9.17) is 14.2 Å². The Kier molecular flexibility index (Phi) is 6.10. The summed E-state index contributed by atoms with van der Waals surface area (Å²) in [6, 6.07) is 8.13. The molecule has 0 radical (unpaired) electrons. The smallest absolute Gasteiger partial charge is 0.310 e. The topological polar surface area (TPSA) is 71.5 Å². The zero-order chi connectivity index (χ0) is 24.1. The molecule has 1 aromatic carbocycles. The number of hydrogen-bond acceptors (Lipinski definition) is 7. The number of carbonyl (C=O) groups excluding carboxylic acids is 1. The summed E-state index contributed by atoms with van der Waals surface area (Å²) in [6.45, 7) is 8.45. The molecule has 7 heteroatoms. The minimum absolute atomic E-state index is 0.0328. The molecule has 7 nitrogen and oxygen atoms in total. The van der Waals surface area contributed by atoms with Gasteiger partial charge in [-0.3, -0.25) is 9.69 Å². The normalized spacial score (nSPS) is 40.4. The number of para-hydroxylation sites is 2. The molecule has 2 aliphatic carbocycles. The predicted molar refractivity (Wildman–Crippen MR) is 130 cm³/mol. The highest BCUT2D eigenvalue weighted by Gasteiger charge is 2.67. The number of anilines is 1. The third-order valence-corrected chi connectivity index (χ3v) is 9.71. The summed E-state index contributed by atoms with van der Waals surface area (Å²) < 4.78 is 17.4. The number of piperazine rings is 1. The molecule has 34 heavy (non-hydrogen) atoms. The van der Waals surface area contributed by atoms with Crippen LogP contribution in [0.3, 0.4) is 0 Å². The number of carbonyl (C=O) groups is 1. The fraction of sp³-hybridized carbons (Fsp3) is 0.741. The molecule has 0 aromatic heterocycles. The van der Waals surface area contributed by atoms with Crippen molar-refractivity contribution in [1.29, 1.82) is 0 Å². The van der Waals surface area contributed by atoms with E-state index in [-0.39, 0.29) is 29.3 Å². The van der Waals surface area contributed by atoms with Gasteiger partial charge >= 0.3 is 5.97 Å². The Labute approximate surface area is 203 Å². The Morgan fingerprint density at radius 1 is 1.09 bits per heavy atom. The maximum Gasteiger partial charge on any atom is 0.310 e. The van der Waals surface area contributed by atoms with Crippen LogP contribution in [0.15, 0.2) is 24.3 Å². The molecular formula is C27H40N2O5. The fourth-order valence-corrected chi connectivity index (χ4v) is 7.43. The van der Waals surface area contributed by atoms with Crippen molar-refractivity contribution in [1.82, 2.24) is 4.90 Å². The number of nitrogens with zero attached hydrogens (tertiary/aromatic N) is 2. The highest BCUT2D eigenvalue weighted by molar-refractivity contribution is 5.75. The molecule has 0 amide bonds. The zero-order valence-corrected chi connectivity index (χ0v) is 21.1. The average Bonchev–Trinajstić information content (AvgIpc) is 3.12. The van der Waals surface area contributed by atoms with Gasteiger partial charge in [0.25, 0.3) is 0 Å². The molecular weight excluding hydrogens is 432 g/mol. The van der Waals surface area contributed by atoms with E-state index in [1.807, 2.05) is 18.2 Å². The summed E-state index contributed by atoms with van der Waals surface area (Å²) in [7, 11) is 3.42. The molecule has 6 atom stereocenters. The SMILES string of the molecule is COc1ccccc1N1CCN(C[C@H]2C(=O)O[C@@H]3C[C@@]4(C)CCC[C@@](C)(OC)[C@@]4(O)C[C@H]32)CC1. The molecule has 1 aromatic rings. The van der Waals surface area contributed by atoms with Gasteiger partial charge in [0.05, 0.1) is 29.9 Å². The third kappa shape index (κ3) is 3.62. The van der Waals surface area contributed by atoms with Crippen molar-refractivity contribution in [3.05, 3.63) is 24.3 Å². The molecule has 2 saturated carbocycles. The first-order valence-corrected chi connectivity index (χ1v) is 12.8. The first-order chi connectivity index (χ1) is 16.2. The third-order valence-electron chi connectivity index (χ3n) is 9.71. The summed E-state index contributed by atoms with van der Waals surface area (Å²) in [5.41, 5.74) is -0.730. The van der Waals surface area contributed by atoms with Crippen LogP contribution in [0.5, 0.6) is 5.75 Å². The van der Waals surface area contributed by atoms with Gasteiger partial charge in [0.2, 0.25) is 0 Å². The van der Waals surface area contributed by atoms with Gasteiger partial charge in [-0.1, -0.05) is 19.1 Å². The number of fused-ring (bicyclic) bond motifs is 2. The lowest BCUT2D eigenvalue weighted by Gasteiger charge is -2.62. The Morgan fingerprint density at radius 3 is 2.53 bits per heavy atom. The average molecular weight is 473 g/mol. The quantitative estimate of drug-likeness (QED) is 0.661. The molecule has 4 aliphatic rings. The number of benzene rings is 1. The van der Waals surface area contributed by atoms with Gasteiger partial charge in [-0.25, -0.2) is 0 Å². The maximum absolute atomic E-state index is 13.0. The lowest BCUT2D eigenvalue weighted by molar-refractivity contribution is -0.270. The predicted octanol–water partition coefficient (Wildman–Crippen LogP) is 3.10. The van der Waals surface area contributed by atoms with Crippen LogP contribution in [0, 0.1) is 17.3 Å². The standard InChI is InChI=1S/C27H40N2O5/c1-25-10-7-11-26(2,33-4)27(25,31)16-19-20(24(30)34-23(19)17-25)18-28-12-14-29(15-13-28)21-8-5-6-9-22(21)32-3/h5-6,8-9,19-20,23,31H,7,10-18H2,1-4H3/t19-,20+,23+,25+,26+,27+/m0/s1. The zero-order valence-electron chi connectivity index (χ0n) is 21.1. The van der Waals surface area contributed by atoms with E-state index in [1.54, 1.807) is 14.2 Å². The lowest BCUT2D eigenvalue weighted by Crippen LogP contribution is -2.69. The van der Waals surface area contributed by atoms with Crippen molar-refractivity contribution < 1.29 is 24.1 Å². The lowest BCUT2D eigenvalue weighted by atomic mass is 9.49. The van der Waals surface area contributed by atoms with E-state index in [1.165, 1.54) is 0 Å². The minimum atomic E-state index is -0.955. The highest BCUT2D eigenvalue weighted by Crippen LogP contribution is 2.61. The molecule has 0 bridgehead atoms. The molecule has 1 N–H and O–H groups in total. The molecule has 0 spiro atoms. The van der Waals surface area contributed by atoms with Gasteiger partial charge in [0.1, 0.15) is 11.9 Å². The highest BCUT2D eigenvalue weighted by atomic mass is 16.6. The Morgan fingerprint density at radius 2 is 1.82 bits per heavy atom. The first kappa shape index (κ1) is 23.9. The van der Waals surface area contributed by atoms with Crippen LogP contribution in [-0.2, 0) is 14.3 Å². The van der Waals surface area contributed by atoms with Crippen LogP contribution in [0.1, 0.15) is 46.0 Å². The molecule has 188 valence electrons. The Bertz CT molecular complexity index is 918. The van der Waals surface area contributed by atoms with Crippen LogP contribution in [0.4, 0.5) is 5.69 Å². The minimum Gasteiger partial charge on any atom is -0.495 e. The first-order valence-electron chi connectivity index (χ1n) is 12.8. The van der Waals surface area contributed by atoms with Gasteiger partial charge in [-0.05, 0) is 51.2 Å². The number of ether oxygens (including phenoxy) is 3. The van der Waals surface area contributed by atoms with Crippen molar-refractivity contribution >= 4 is 11.7 Å². The number of methoxy groups -OCH3 is 2. The Hall–Kier alpha value is -1.83. The van der Waals surface area contributed by atoms with Crippen LogP contribution >= 0.6 is 0 Å². The molecule has 2 saturated heterocycles. The number of rotatable bonds is 5. The van der Waals surface area contributed by atoms with E-state index in [0.29, 0.717) is 13.0 Å². The molecule has 5 rings (SSSR count). The summed E-state index contributed by atoms with van der Waals surface area (Å²) in [5, 5.41) is 12.1. The molecule has 4 fully saturated rings. The van der Waals surface area contributed by atoms with Crippen LogP contribution in [0.2, 0.25) is 0 Å². The summed E-state index contributed by atoms with van der Waals surface area (Å²) in [6.07, 6.45) is 3.99. The number of hydrogen-bond donors (Lipinski definition) is 1. The van der Waals surface area contributed by atoms with E-state index in [2.05, 4.69) is 29.7 Å². The van der Waals surface area contributed by atoms with Gasteiger partial charge in [-0.15, -0.1) is 0 Å². The van der Waals surface area contributed by atoms with E-state index in [9.17, 15) is 9.90 Å². The second-order valence-electron chi connectivity index (χ2n) is 11.3. The fourth-order valence-electron chi connectivity index (χ4n) is 7.43. The van der Waals surface area contributed by atoms with Crippen molar-refractivity contribution in [2.24, 2.45) is 17.3 Å². The summed E-state index contributed by atoms with van der Waals surface area (Å²) in [4.78, 5) is 17.8. The van der Waals surface area contributed by atoms with E-state index >= 15 is 0 Å². The van der Waals surface area contributed by atoms with Crippen LogP contribution < -0.4 is 9.64 Å². The largest absolute Gasteiger partial charge is 0.495 e. The van der Waals surface area contributed by atoms with Gasteiger partial charge < -0.3 is 24.2 Å². The van der Waals surface area contributed by atoms with Gasteiger partial charge in [0, 0.05) is 51.2 Å². The molecule has 0 unspecified atom stereocenters. The Balaban J connectivity index is 1.28. The molecule has 2 heterocycles. The van der Waals surface area contributed by atoms with Crippen molar-refractivity contribution in [2.75, 3.05) is 51.8 Å². The van der Waals surface area contributed by atoms with E-state index < -0.39 is 11.2 Å². The van der Waals surface area contributed by atoms with Crippen LogP contribution in [0.25, 0.3) is 0 Å². The van der Waals surface area contributed by atoms with Crippen molar-refractivity contribution in [2.45, 2.75) is 63.3 Å². The summed E-state index contributed by atoms with van der Waals surface area (Å²) in [5.74, 6) is 0.641. The number of aliphatic hydroxyl groups is 1.